The van der Waals surface area contributed by atoms with E-state index >= 15 is 0 Å². The summed E-state index contributed by atoms with van der Waals surface area (Å²) in [6, 6.07) is 27.7. The summed E-state index contributed by atoms with van der Waals surface area (Å²) in [6.07, 6.45) is 11.3. The topological polar surface area (TPSA) is 0 Å². The van der Waals surface area contributed by atoms with E-state index in [1.54, 1.807) is 16.7 Å². The van der Waals surface area contributed by atoms with Gasteiger partial charge in [0.05, 0.1) is 19.3 Å². The van der Waals surface area contributed by atoms with Gasteiger partial charge in [0.25, 0.3) is 0 Å². The molecule has 4 aliphatic rings. The van der Waals surface area contributed by atoms with Crippen LogP contribution in [0.2, 0.25) is 0 Å². The van der Waals surface area contributed by atoms with Crippen LogP contribution in [0.4, 0.5) is 0 Å². The Labute approximate surface area is 166 Å². The summed E-state index contributed by atoms with van der Waals surface area (Å²) in [4.78, 5) is 0. The summed E-state index contributed by atoms with van der Waals surface area (Å²) < 4.78 is 0. The first kappa shape index (κ1) is 15.2. The fourth-order valence-electron chi connectivity index (χ4n) is 7.40. The molecular formula is C28H23+. The first-order valence-electron chi connectivity index (χ1n) is 10.7. The van der Waals surface area contributed by atoms with Crippen molar-refractivity contribution in [2.75, 3.05) is 0 Å². The average molecular weight is 359 g/mol. The van der Waals surface area contributed by atoms with Crippen molar-refractivity contribution in [1.82, 2.24) is 0 Å². The molecule has 4 unspecified atom stereocenters. The third-order valence-electron chi connectivity index (χ3n) is 8.23. The van der Waals surface area contributed by atoms with Crippen LogP contribution in [0.1, 0.15) is 47.4 Å². The Bertz CT molecular complexity index is 1150. The molecular weight excluding hydrogens is 336 g/mol. The van der Waals surface area contributed by atoms with Gasteiger partial charge in [0.15, 0.2) is 0 Å². The fourth-order valence-corrected chi connectivity index (χ4v) is 7.40. The highest BCUT2D eigenvalue weighted by Crippen LogP contribution is 2.86. The highest BCUT2D eigenvalue weighted by molar-refractivity contribution is 5.85. The van der Waals surface area contributed by atoms with Crippen LogP contribution in [0.3, 0.4) is 0 Å². The van der Waals surface area contributed by atoms with E-state index in [1.807, 2.05) is 0 Å². The Morgan fingerprint density at radius 2 is 1.54 bits per heavy atom. The van der Waals surface area contributed by atoms with Gasteiger partial charge in [-0.25, -0.2) is 0 Å². The van der Waals surface area contributed by atoms with Crippen LogP contribution in [0.15, 0.2) is 78.9 Å². The lowest BCUT2D eigenvalue weighted by Crippen LogP contribution is -2.29. The van der Waals surface area contributed by atoms with Gasteiger partial charge in [-0.3, -0.25) is 0 Å². The van der Waals surface area contributed by atoms with Crippen LogP contribution in [0.25, 0.3) is 17.2 Å². The molecule has 2 saturated carbocycles. The summed E-state index contributed by atoms with van der Waals surface area (Å²) in [7, 11) is 0. The van der Waals surface area contributed by atoms with Gasteiger partial charge >= 0.3 is 0 Å². The minimum absolute atomic E-state index is 0.111. The van der Waals surface area contributed by atoms with Crippen LogP contribution >= 0.6 is 0 Å². The molecule has 0 heteroatoms. The minimum atomic E-state index is 0.111. The summed E-state index contributed by atoms with van der Waals surface area (Å²) >= 11 is 0. The standard InChI is InChI=1S/C28H23/c1-5-14-24-19(9-1)16-17-20-10-7-8-18-27(20)26-23-13-3-2-11-21(23)22-12-4-6-15-25(22)28(24,26)27/h1-6,8-9,11-17,20,26H,7,10,18H2/q+1. The van der Waals surface area contributed by atoms with Crippen molar-refractivity contribution in [3.05, 3.63) is 108 Å². The summed E-state index contributed by atoms with van der Waals surface area (Å²) in [6.45, 7) is 0. The van der Waals surface area contributed by atoms with Crippen LogP contribution < -0.4 is 0 Å². The first-order chi connectivity index (χ1) is 13.9. The third kappa shape index (κ3) is 1.48. The van der Waals surface area contributed by atoms with E-state index in [4.69, 9.17) is 0 Å². The van der Waals surface area contributed by atoms with Gasteiger partial charge in [-0.05, 0) is 45.7 Å². The zero-order valence-corrected chi connectivity index (χ0v) is 15.9. The molecule has 28 heavy (non-hydrogen) atoms. The van der Waals surface area contributed by atoms with Crippen LogP contribution in [0, 0.1) is 17.8 Å². The van der Waals surface area contributed by atoms with E-state index in [9.17, 15) is 0 Å². The quantitative estimate of drug-likeness (QED) is 0.389. The fraction of sp³-hybridized carbons (Fsp3) is 0.250. The Kier molecular flexibility index (Phi) is 2.72. The largest absolute Gasteiger partial charge is 0.0955 e. The predicted molar refractivity (Wildman–Crippen MR) is 115 cm³/mol. The smallest absolute Gasteiger partial charge is 0.0799 e. The monoisotopic (exact) mass is 359 g/mol. The summed E-state index contributed by atoms with van der Waals surface area (Å²) in [5.41, 5.74) is 9.43. The molecule has 4 atom stereocenters. The lowest BCUT2D eigenvalue weighted by molar-refractivity contribution is 0.268. The second-order valence-corrected chi connectivity index (χ2v) is 9.04. The Morgan fingerprint density at radius 3 is 2.46 bits per heavy atom. The molecule has 2 fully saturated rings. The van der Waals surface area contributed by atoms with Gasteiger partial charge in [0.2, 0.25) is 0 Å². The highest BCUT2D eigenvalue weighted by atomic mass is 14.8. The maximum atomic E-state index is 2.59. The maximum Gasteiger partial charge on any atom is 0.0955 e. The van der Waals surface area contributed by atoms with Gasteiger partial charge < -0.3 is 0 Å². The van der Waals surface area contributed by atoms with Crippen LogP contribution in [0.5, 0.6) is 0 Å². The molecule has 3 aromatic rings. The van der Waals surface area contributed by atoms with E-state index in [2.05, 4.69) is 91.4 Å². The van der Waals surface area contributed by atoms with Gasteiger partial charge in [-0.2, -0.15) is 0 Å². The second kappa shape index (κ2) is 5.00. The molecule has 7 rings (SSSR count). The van der Waals surface area contributed by atoms with Crippen LogP contribution in [-0.4, -0.2) is 0 Å². The Balaban J connectivity index is 1.66. The molecule has 0 bridgehead atoms. The van der Waals surface area contributed by atoms with Crippen LogP contribution in [-0.2, 0) is 5.41 Å². The van der Waals surface area contributed by atoms with E-state index in [0.717, 1.165) is 0 Å². The third-order valence-corrected chi connectivity index (χ3v) is 8.23. The van der Waals surface area contributed by atoms with Crippen molar-refractivity contribution in [3.8, 4) is 11.1 Å². The van der Waals surface area contributed by atoms with E-state index < -0.39 is 0 Å². The van der Waals surface area contributed by atoms with Gasteiger partial charge in [0, 0.05) is 16.7 Å². The average Bonchev–Trinajstić information content (AvgIpc) is 3.39. The number of rotatable bonds is 0. The van der Waals surface area contributed by atoms with Crippen molar-refractivity contribution < 1.29 is 0 Å². The molecule has 4 aliphatic carbocycles. The summed E-state index contributed by atoms with van der Waals surface area (Å²) in [5, 5.41) is 0. The normalized spacial score (nSPS) is 33.0. The Hall–Kier alpha value is -2.73. The molecule has 0 saturated heterocycles. The Morgan fingerprint density at radius 1 is 0.786 bits per heavy atom. The number of fused-ring (bicyclic) bond motifs is 5. The van der Waals surface area contributed by atoms with Gasteiger partial charge in [0.1, 0.15) is 0 Å². The number of benzene rings is 3. The number of allylic oxidation sites excluding steroid dienone is 1. The molecule has 0 heterocycles. The lowest BCUT2D eigenvalue weighted by atomic mass is 9.67. The van der Waals surface area contributed by atoms with Gasteiger partial charge in [-0.1, -0.05) is 84.9 Å². The number of hydrogen-bond acceptors (Lipinski definition) is 0. The first-order valence-corrected chi connectivity index (χ1v) is 10.7. The number of hydrogen-bond donors (Lipinski definition) is 0. The van der Waals surface area contributed by atoms with Crippen molar-refractivity contribution in [2.24, 2.45) is 11.3 Å². The molecule has 0 radical (unpaired) electrons. The summed E-state index contributed by atoms with van der Waals surface area (Å²) in [5.74, 6) is 1.23. The van der Waals surface area contributed by atoms with E-state index in [-0.39, 0.29) is 10.8 Å². The molecule has 134 valence electrons. The van der Waals surface area contributed by atoms with Gasteiger partial charge in [-0.15, -0.1) is 0 Å². The van der Waals surface area contributed by atoms with Crippen molar-refractivity contribution in [1.29, 1.82) is 0 Å². The van der Waals surface area contributed by atoms with Crippen molar-refractivity contribution >= 4 is 6.08 Å². The zero-order valence-electron chi connectivity index (χ0n) is 15.9. The minimum Gasteiger partial charge on any atom is -0.0799 e. The highest BCUT2D eigenvalue weighted by Gasteiger charge is 2.83. The van der Waals surface area contributed by atoms with E-state index in [0.29, 0.717) is 11.8 Å². The molecule has 0 amide bonds. The molecule has 0 nitrogen and oxygen atoms in total. The molecule has 0 N–H and O–H groups in total. The molecule has 2 spiro atoms. The molecule has 0 aliphatic heterocycles. The van der Waals surface area contributed by atoms with Crippen molar-refractivity contribution in [2.45, 2.75) is 30.6 Å². The molecule has 3 aromatic carbocycles. The lowest BCUT2D eigenvalue weighted by Gasteiger charge is -2.32. The van der Waals surface area contributed by atoms with E-state index in [1.165, 1.54) is 36.0 Å². The van der Waals surface area contributed by atoms with Crippen molar-refractivity contribution in [3.63, 3.8) is 0 Å². The SMILES string of the molecule is C1=CC2CC[CH+]CC23C2c4ccccc4-c4ccccc4C23c2ccccc21. The zero-order chi connectivity index (χ0) is 18.3. The molecule has 0 aromatic heterocycles. The predicted octanol–water partition coefficient (Wildman–Crippen LogP) is 6.77. The maximum absolute atomic E-state index is 2.59. The second-order valence-electron chi connectivity index (χ2n) is 9.04.